The van der Waals surface area contributed by atoms with Crippen LogP contribution in [-0.2, 0) is 23.3 Å². The molecule has 0 aromatic heterocycles. The van der Waals surface area contributed by atoms with Crippen LogP contribution < -0.4 is 0 Å². The van der Waals surface area contributed by atoms with E-state index in [4.69, 9.17) is 5.11 Å². The average Bonchev–Trinajstić information content (AvgIpc) is 3.27. The molecule has 0 saturated carbocycles. The third kappa shape index (κ3) is 10.4. The van der Waals surface area contributed by atoms with E-state index in [0.29, 0.717) is 0 Å². The van der Waals surface area contributed by atoms with E-state index in [9.17, 15) is 0 Å². The Bertz CT molecular complexity index is 672. The second-order valence-electron chi connectivity index (χ2n) is 4.53. The van der Waals surface area contributed by atoms with Crippen molar-refractivity contribution in [2.24, 2.45) is 0 Å². The summed E-state index contributed by atoms with van der Waals surface area (Å²) in [4.78, 5) is 0. The summed E-state index contributed by atoms with van der Waals surface area (Å²) in [5.74, 6) is 0. The van der Waals surface area contributed by atoms with E-state index < -0.39 is 0 Å². The standard InChI is InChI=1S/2C9H7.C2H5O.CH3.2ClH.Si.Zr/c2*1-2-5-9-7-3-6-8(9)4-1;1-2-3;;;;;/h2*1-7H;3H,1-2H2;1H3;2*1H;;/q4*-1;;;;. The van der Waals surface area contributed by atoms with Crippen molar-refractivity contribution in [3.63, 3.8) is 0 Å². The van der Waals surface area contributed by atoms with Gasteiger partial charge in [-0.15, -0.1) is 84.1 Å². The minimum Gasteiger partial charge on any atom is -0.168 e. The van der Waals surface area contributed by atoms with Crippen LogP contribution in [0.4, 0.5) is 0 Å². The zero-order valence-corrected chi connectivity index (χ0v) is 19.9. The van der Waals surface area contributed by atoms with E-state index in [2.05, 4.69) is 98.7 Å². The number of aliphatic hydroxyl groups excluding tert-OH is 1. The van der Waals surface area contributed by atoms with E-state index in [1.165, 1.54) is 44.9 Å². The van der Waals surface area contributed by atoms with Crippen LogP contribution in [0.3, 0.4) is 0 Å². The van der Waals surface area contributed by atoms with Crippen molar-refractivity contribution in [1.82, 2.24) is 0 Å². The minimum absolute atomic E-state index is 0. The zero-order chi connectivity index (χ0) is 16.9. The molecule has 0 atom stereocenters. The van der Waals surface area contributed by atoms with Crippen molar-refractivity contribution in [2.45, 2.75) is 0 Å². The first kappa shape index (κ1) is 30.0. The molecular formula is C21H24Cl2OSiZr-4. The quantitative estimate of drug-likeness (QED) is 0.247. The number of aliphatic hydroxyl groups is 1. The van der Waals surface area contributed by atoms with Crippen LogP contribution in [0.5, 0.6) is 0 Å². The fourth-order valence-corrected chi connectivity index (χ4v) is 2.14. The average molecular weight is 483 g/mol. The molecule has 5 heteroatoms. The Hall–Kier alpha value is -0.700. The van der Waals surface area contributed by atoms with Gasteiger partial charge in [-0.25, -0.2) is 0 Å². The summed E-state index contributed by atoms with van der Waals surface area (Å²) in [7, 11) is 0. The molecule has 0 spiro atoms. The molecule has 0 aliphatic heterocycles. The van der Waals surface area contributed by atoms with Gasteiger partial charge in [0.25, 0.3) is 0 Å². The molecule has 1 nitrogen and oxygen atoms in total. The molecule has 1 N–H and O–H groups in total. The van der Waals surface area contributed by atoms with E-state index >= 15 is 0 Å². The van der Waals surface area contributed by atoms with Gasteiger partial charge in [0.15, 0.2) is 0 Å². The molecule has 0 fully saturated rings. The molecule has 0 amide bonds. The number of hydrogen-bond acceptors (Lipinski definition) is 1. The second-order valence-corrected chi connectivity index (χ2v) is 4.53. The van der Waals surface area contributed by atoms with Crippen LogP contribution in [0.2, 0.25) is 0 Å². The van der Waals surface area contributed by atoms with Gasteiger partial charge in [-0.05, 0) is 0 Å². The van der Waals surface area contributed by atoms with Gasteiger partial charge in [-0.3, -0.25) is 0 Å². The monoisotopic (exact) mass is 480 g/mol. The third-order valence-corrected chi connectivity index (χ3v) is 3.10. The molecule has 0 unspecified atom stereocenters. The number of fused-ring (bicyclic) bond motifs is 2. The topological polar surface area (TPSA) is 20.2 Å². The normalized spacial score (nSPS) is 7.88. The van der Waals surface area contributed by atoms with Crippen molar-refractivity contribution >= 4 is 53.2 Å². The first-order valence-corrected chi connectivity index (χ1v) is 11.4. The summed E-state index contributed by atoms with van der Waals surface area (Å²) in [5, 5.41) is 12.8. The van der Waals surface area contributed by atoms with E-state index in [1.54, 1.807) is 0 Å². The van der Waals surface area contributed by atoms with Gasteiger partial charge in [-0.2, -0.15) is 35.0 Å². The van der Waals surface area contributed by atoms with Crippen molar-refractivity contribution < 1.29 is 28.4 Å². The molecule has 0 bridgehead atoms. The zero-order valence-electron chi connectivity index (χ0n) is 14.8. The van der Waals surface area contributed by atoms with Crippen LogP contribution >= 0.6 is 24.8 Å². The SMILES string of the molecule is Cl.Cl.[CH2-]CO.[CH3-].[Si]=[Zr].c1ccc2[cH-]ccc2c1.c1ccc2[cH-]ccc2c1. The molecule has 0 aliphatic carbocycles. The van der Waals surface area contributed by atoms with Crippen LogP contribution in [0, 0.1) is 14.4 Å². The Balaban J connectivity index is -0.000000300. The maximum atomic E-state index is 7.46. The summed E-state index contributed by atoms with van der Waals surface area (Å²) >= 11 is 1.36. The summed E-state index contributed by atoms with van der Waals surface area (Å²) in [6.45, 7) is 6.10. The largest absolute Gasteiger partial charge is 0.168 e. The van der Waals surface area contributed by atoms with Crippen molar-refractivity contribution in [3.05, 3.63) is 99.3 Å². The molecule has 4 aromatic rings. The molecule has 2 radical (unpaired) electrons. The van der Waals surface area contributed by atoms with Crippen LogP contribution in [0.15, 0.2) is 84.9 Å². The Morgan fingerprint density at radius 1 is 0.769 bits per heavy atom. The number of benzene rings is 2. The summed E-state index contributed by atoms with van der Waals surface area (Å²) in [6, 6.07) is 29.3. The summed E-state index contributed by atoms with van der Waals surface area (Å²) in [6.07, 6.45) is 0. The smallest absolute Gasteiger partial charge is 0.0809 e. The Morgan fingerprint density at radius 2 is 1.08 bits per heavy atom. The second kappa shape index (κ2) is 19.1. The molecule has 0 heterocycles. The first-order valence-electron chi connectivity index (χ1n) is 7.21. The van der Waals surface area contributed by atoms with Crippen molar-refractivity contribution in [2.75, 3.05) is 6.61 Å². The summed E-state index contributed by atoms with van der Waals surface area (Å²) in [5.41, 5.74) is 0. The minimum atomic E-state index is 0. The van der Waals surface area contributed by atoms with Gasteiger partial charge < -0.3 is 19.5 Å². The number of hydrogen-bond donors (Lipinski definition) is 1. The van der Waals surface area contributed by atoms with Crippen LogP contribution in [0.1, 0.15) is 0 Å². The number of halogens is 2. The predicted octanol–water partition coefficient (Wildman–Crippen LogP) is 5.84. The fraction of sp³-hybridized carbons (Fsp3) is 0.0476. The van der Waals surface area contributed by atoms with E-state index in [1.807, 2.05) is 0 Å². The third-order valence-electron chi connectivity index (χ3n) is 3.10. The van der Waals surface area contributed by atoms with Gasteiger partial charge in [0.2, 0.25) is 0 Å². The molecule has 26 heavy (non-hydrogen) atoms. The first-order chi connectivity index (χ1) is 11.3. The van der Waals surface area contributed by atoms with Gasteiger partial charge in [0.1, 0.15) is 0 Å². The van der Waals surface area contributed by atoms with E-state index in [0.717, 1.165) is 0 Å². The maximum absolute atomic E-state index is 7.46. The van der Waals surface area contributed by atoms with Gasteiger partial charge >= 0.3 is 30.2 Å². The van der Waals surface area contributed by atoms with Crippen molar-refractivity contribution in [3.8, 4) is 0 Å². The molecule has 0 saturated heterocycles. The van der Waals surface area contributed by atoms with Gasteiger partial charge in [0.05, 0.1) is 0 Å². The molecule has 0 aliphatic rings. The maximum Gasteiger partial charge on any atom is -0.0809 e. The Labute approximate surface area is 186 Å². The Morgan fingerprint density at radius 3 is 1.38 bits per heavy atom. The molecule has 4 aromatic carbocycles. The Kier molecular flexibility index (Phi) is 22.0. The van der Waals surface area contributed by atoms with Crippen molar-refractivity contribution in [1.29, 1.82) is 0 Å². The molecule has 4 rings (SSSR count). The van der Waals surface area contributed by atoms with E-state index in [-0.39, 0.29) is 38.8 Å². The predicted molar refractivity (Wildman–Crippen MR) is 118 cm³/mol. The fourth-order valence-electron chi connectivity index (χ4n) is 2.14. The molecular weight excluding hydrogens is 458 g/mol. The van der Waals surface area contributed by atoms with Gasteiger partial charge in [-0.1, -0.05) is 18.7 Å². The number of rotatable bonds is 0. The molecule has 140 valence electrons. The van der Waals surface area contributed by atoms with Gasteiger partial charge in [0, 0.05) is 0 Å². The summed E-state index contributed by atoms with van der Waals surface area (Å²) < 4.78 is 0. The van der Waals surface area contributed by atoms with Crippen LogP contribution in [-0.4, -0.2) is 18.6 Å². The van der Waals surface area contributed by atoms with Crippen LogP contribution in [0.25, 0.3) is 21.5 Å².